The van der Waals surface area contributed by atoms with Crippen molar-refractivity contribution in [3.8, 4) is 11.4 Å². The van der Waals surface area contributed by atoms with E-state index in [1.165, 1.54) is 11.6 Å². The van der Waals surface area contributed by atoms with Gasteiger partial charge in [-0.1, -0.05) is 23.7 Å². The number of hydrogen-bond donors (Lipinski definition) is 1. The molecule has 0 amide bonds. The number of rotatable bonds is 4. The molecular weight excluding hydrogens is 314 g/mol. The summed E-state index contributed by atoms with van der Waals surface area (Å²) in [4.78, 5) is 20.2. The van der Waals surface area contributed by atoms with Crippen molar-refractivity contribution in [3.05, 3.63) is 59.4 Å². The minimum Gasteiger partial charge on any atom is -0.350 e. The number of aromatic nitrogens is 4. The molecule has 0 aliphatic carbocycles. The van der Waals surface area contributed by atoms with E-state index in [1.54, 1.807) is 18.5 Å². The van der Waals surface area contributed by atoms with Crippen LogP contribution in [0.1, 0.15) is 17.3 Å². The maximum atomic E-state index is 11.8. The highest BCUT2D eigenvalue weighted by Crippen LogP contribution is 2.17. The first-order valence-electron chi connectivity index (χ1n) is 7.00. The Morgan fingerprint density at radius 1 is 1.26 bits per heavy atom. The molecule has 7 heteroatoms. The second-order valence-corrected chi connectivity index (χ2v) is 5.35. The second kappa shape index (κ2) is 6.58. The molecule has 0 aliphatic rings. The zero-order valence-electron chi connectivity index (χ0n) is 12.4. The molecule has 3 rings (SSSR count). The summed E-state index contributed by atoms with van der Waals surface area (Å²) < 4.78 is 1.25. The molecule has 6 nitrogen and oxygen atoms in total. The van der Waals surface area contributed by atoms with Gasteiger partial charge in [0.25, 0.3) is 0 Å². The van der Waals surface area contributed by atoms with Gasteiger partial charge in [0.2, 0.25) is 11.9 Å². The molecule has 1 aromatic carbocycles. The minimum atomic E-state index is -0.216. The lowest BCUT2D eigenvalue weighted by molar-refractivity contribution is 0.0924. The van der Waals surface area contributed by atoms with Crippen molar-refractivity contribution in [1.82, 2.24) is 19.7 Å². The summed E-state index contributed by atoms with van der Waals surface area (Å²) in [7, 11) is 0. The van der Waals surface area contributed by atoms with Crippen LogP contribution in [0.5, 0.6) is 0 Å². The number of nitrogens with zero attached hydrogens (tertiary/aromatic N) is 4. The molecule has 116 valence electrons. The maximum Gasteiger partial charge on any atom is 0.246 e. The molecule has 0 atom stereocenters. The van der Waals surface area contributed by atoms with Gasteiger partial charge >= 0.3 is 0 Å². The highest BCUT2D eigenvalue weighted by Gasteiger charge is 2.14. The van der Waals surface area contributed by atoms with E-state index < -0.39 is 0 Å². The first-order valence-corrected chi connectivity index (χ1v) is 7.38. The summed E-state index contributed by atoms with van der Waals surface area (Å²) in [6.45, 7) is 1.95. The molecule has 0 bridgehead atoms. The smallest absolute Gasteiger partial charge is 0.246 e. The van der Waals surface area contributed by atoms with Crippen LogP contribution in [0, 0.1) is 0 Å². The summed E-state index contributed by atoms with van der Waals surface area (Å²) in [6, 6.07) is 11.1. The van der Waals surface area contributed by atoms with Gasteiger partial charge in [0.1, 0.15) is 0 Å². The Morgan fingerprint density at radius 3 is 2.70 bits per heavy atom. The average molecular weight is 328 g/mol. The van der Waals surface area contributed by atoms with E-state index in [2.05, 4.69) is 20.4 Å². The van der Waals surface area contributed by atoms with Crippen molar-refractivity contribution in [2.45, 2.75) is 13.5 Å². The zero-order valence-corrected chi connectivity index (χ0v) is 13.2. The van der Waals surface area contributed by atoms with E-state index in [0.29, 0.717) is 23.3 Å². The van der Waals surface area contributed by atoms with Crippen LogP contribution in [0.3, 0.4) is 0 Å². The van der Waals surface area contributed by atoms with Crippen LogP contribution in [-0.2, 0) is 6.54 Å². The van der Waals surface area contributed by atoms with Crippen molar-refractivity contribution in [2.24, 2.45) is 0 Å². The van der Waals surface area contributed by atoms with Crippen molar-refractivity contribution in [3.63, 3.8) is 0 Å². The number of nitrogens with one attached hydrogen (secondary N) is 1. The highest BCUT2D eigenvalue weighted by atomic mass is 35.5. The lowest BCUT2D eigenvalue weighted by Crippen LogP contribution is -2.13. The van der Waals surface area contributed by atoms with Gasteiger partial charge in [-0.05, 0) is 29.8 Å². The van der Waals surface area contributed by atoms with Crippen molar-refractivity contribution in [1.29, 1.82) is 0 Å². The fourth-order valence-corrected chi connectivity index (χ4v) is 2.17. The van der Waals surface area contributed by atoms with Crippen LogP contribution in [0.15, 0.2) is 48.8 Å². The van der Waals surface area contributed by atoms with Gasteiger partial charge < -0.3 is 5.32 Å². The summed E-state index contributed by atoms with van der Waals surface area (Å²) in [6.07, 6.45) is 3.33. The van der Waals surface area contributed by atoms with E-state index in [1.807, 2.05) is 30.3 Å². The van der Waals surface area contributed by atoms with E-state index in [4.69, 9.17) is 11.6 Å². The minimum absolute atomic E-state index is 0.216. The lowest BCUT2D eigenvalue weighted by atomic mass is 10.2. The monoisotopic (exact) mass is 327 g/mol. The predicted molar refractivity (Wildman–Crippen MR) is 88.3 cm³/mol. The number of hydrogen-bond acceptors (Lipinski definition) is 5. The van der Waals surface area contributed by atoms with Crippen LogP contribution in [0.25, 0.3) is 11.4 Å². The largest absolute Gasteiger partial charge is 0.350 e. The van der Waals surface area contributed by atoms with Crippen LogP contribution < -0.4 is 5.32 Å². The number of halogens is 1. The molecule has 0 aliphatic heterocycles. The van der Waals surface area contributed by atoms with Crippen molar-refractivity contribution < 1.29 is 4.79 Å². The van der Waals surface area contributed by atoms with Crippen molar-refractivity contribution in [2.75, 3.05) is 5.32 Å². The van der Waals surface area contributed by atoms with Gasteiger partial charge in [0.05, 0.1) is 0 Å². The highest BCUT2D eigenvalue weighted by molar-refractivity contribution is 6.30. The van der Waals surface area contributed by atoms with Crippen LogP contribution in [-0.4, -0.2) is 25.7 Å². The molecule has 0 saturated heterocycles. The average Bonchev–Trinajstić information content (AvgIpc) is 3.00. The van der Waals surface area contributed by atoms with E-state index >= 15 is 0 Å². The van der Waals surface area contributed by atoms with Gasteiger partial charge in [-0.3, -0.25) is 9.78 Å². The Balaban J connectivity index is 1.84. The first-order chi connectivity index (χ1) is 11.1. The third-order valence-corrected chi connectivity index (χ3v) is 3.44. The first kappa shape index (κ1) is 15.2. The molecule has 2 aromatic heterocycles. The second-order valence-electron chi connectivity index (χ2n) is 4.91. The Labute approximate surface area is 138 Å². The normalized spacial score (nSPS) is 10.5. The number of benzene rings is 1. The number of pyridine rings is 1. The maximum absolute atomic E-state index is 11.8. The van der Waals surface area contributed by atoms with E-state index in [-0.39, 0.29) is 5.91 Å². The van der Waals surface area contributed by atoms with Gasteiger partial charge in [0, 0.05) is 36.4 Å². The standard InChI is InChI=1S/C16H14ClN5O/c1-11(23)22-16(19-9-12-4-6-14(17)7-5-12)20-15(21-22)13-3-2-8-18-10-13/h2-8,10H,9H2,1H3,(H,19,20,21). The van der Waals surface area contributed by atoms with Gasteiger partial charge in [-0.25, -0.2) is 0 Å². The Hall–Kier alpha value is -2.73. The molecule has 23 heavy (non-hydrogen) atoms. The van der Waals surface area contributed by atoms with Gasteiger partial charge in [0.15, 0.2) is 5.82 Å². The number of anilines is 1. The van der Waals surface area contributed by atoms with Crippen LogP contribution in [0.2, 0.25) is 5.02 Å². The molecule has 0 unspecified atom stereocenters. The quantitative estimate of drug-likeness (QED) is 0.796. The molecular formula is C16H14ClN5O. The Kier molecular flexibility index (Phi) is 4.34. The molecule has 0 spiro atoms. The summed E-state index contributed by atoms with van der Waals surface area (Å²) in [5.41, 5.74) is 1.78. The Bertz CT molecular complexity index is 814. The fraction of sp³-hybridized carbons (Fsp3) is 0.125. The van der Waals surface area contributed by atoms with Crippen LogP contribution >= 0.6 is 11.6 Å². The zero-order chi connectivity index (χ0) is 16.2. The molecule has 0 radical (unpaired) electrons. The molecule has 0 saturated carbocycles. The van der Waals surface area contributed by atoms with E-state index in [0.717, 1.165) is 11.1 Å². The fourth-order valence-electron chi connectivity index (χ4n) is 2.05. The van der Waals surface area contributed by atoms with E-state index in [9.17, 15) is 4.79 Å². The third-order valence-electron chi connectivity index (χ3n) is 3.19. The van der Waals surface area contributed by atoms with Gasteiger partial charge in [-0.2, -0.15) is 9.67 Å². The van der Waals surface area contributed by atoms with Gasteiger partial charge in [-0.15, -0.1) is 5.10 Å². The third kappa shape index (κ3) is 3.54. The lowest BCUT2D eigenvalue weighted by Gasteiger charge is -2.05. The predicted octanol–water partition coefficient (Wildman–Crippen LogP) is 3.27. The number of carbonyl (C=O) groups excluding carboxylic acids is 1. The molecule has 2 heterocycles. The summed E-state index contributed by atoms with van der Waals surface area (Å²) >= 11 is 5.87. The molecule has 1 N–H and O–H groups in total. The topological polar surface area (TPSA) is 72.7 Å². The van der Waals surface area contributed by atoms with Crippen molar-refractivity contribution >= 4 is 23.5 Å². The SMILES string of the molecule is CC(=O)n1nc(-c2cccnc2)nc1NCc1ccc(Cl)cc1. The molecule has 3 aromatic rings. The number of carbonyl (C=O) groups is 1. The molecule has 0 fully saturated rings. The summed E-state index contributed by atoms with van der Waals surface area (Å²) in [5, 5.41) is 8.04. The van der Waals surface area contributed by atoms with Crippen LogP contribution in [0.4, 0.5) is 5.95 Å². The Morgan fingerprint density at radius 2 is 2.04 bits per heavy atom. The summed E-state index contributed by atoms with van der Waals surface area (Å²) in [5.74, 6) is 0.629.